The van der Waals surface area contributed by atoms with E-state index >= 15 is 0 Å². The third-order valence-corrected chi connectivity index (χ3v) is 8.41. The zero-order valence-electron chi connectivity index (χ0n) is 22.4. The van der Waals surface area contributed by atoms with Crippen LogP contribution < -0.4 is 0 Å². The number of carbonyl (C=O) groups is 2. The minimum atomic E-state index is -0.635. The highest BCUT2D eigenvalue weighted by Gasteiger charge is 2.40. The first-order valence-corrected chi connectivity index (χ1v) is 14.2. The second kappa shape index (κ2) is 13.1. The molecule has 2 fully saturated rings. The fourth-order valence-electron chi connectivity index (χ4n) is 5.50. The number of benzene rings is 2. The summed E-state index contributed by atoms with van der Waals surface area (Å²) in [6.45, 7) is 4.92. The maximum Gasteiger partial charge on any atom is 0.508 e. The summed E-state index contributed by atoms with van der Waals surface area (Å²) >= 11 is 12.6. The van der Waals surface area contributed by atoms with Crippen LogP contribution in [0, 0.1) is 0 Å². The smallest absolute Gasteiger partial charge is 0.468 e. The summed E-state index contributed by atoms with van der Waals surface area (Å²) in [5.41, 5.74) is 1.72. The SMILES string of the molecule is CN(CC(CCN1CCN(C(c2ccco2)C2COC(=O)O2)CC1)c1ccc(Cl)c(Cl)c1)C(=O)c1ccccc1. The Morgan fingerprint density at radius 1 is 1.02 bits per heavy atom. The molecule has 5 rings (SSSR count). The van der Waals surface area contributed by atoms with Crippen LogP contribution in [-0.4, -0.2) is 85.8 Å². The van der Waals surface area contributed by atoms with Crippen molar-refractivity contribution >= 4 is 35.3 Å². The Hall–Kier alpha value is -3.04. The van der Waals surface area contributed by atoms with Crippen molar-refractivity contribution in [3.8, 4) is 0 Å². The van der Waals surface area contributed by atoms with Crippen LogP contribution in [-0.2, 0) is 9.47 Å². The monoisotopic (exact) mass is 585 g/mol. The van der Waals surface area contributed by atoms with Crippen molar-refractivity contribution in [1.82, 2.24) is 14.7 Å². The molecule has 3 aromatic rings. The summed E-state index contributed by atoms with van der Waals surface area (Å²) in [6.07, 6.45) is 1.45. The number of piperazine rings is 1. The number of ether oxygens (including phenoxy) is 2. The van der Waals surface area contributed by atoms with Crippen LogP contribution in [0.25, 0.3) is 0 Å². The number of rotatable bonds is 10. The summed E-state index contributed by atoms with van der Waals surface area (Å²) < 4.78 is 16.2. The Bertz CT molecular complexity index is 1280. The normalized spacial score (nSPS) is 19.6. The lowest BCUT2D eigenvalue weighted by Gasteiger charge is -2.40. The number of hydrogen-bond donors (Lipinski definition) is 0. The van der Waals surface area contributed by atoms with Gasteiger partial charge in [0, 0.05) is 51.3 Å². The van der Waals surface area contributed by atoms with Crippen molar-refractivity contribution in [3.05, 3.63) is 93.9 Å². The molecule has 0 radical (unpaired) electrons. The molecule has 0 spiro atoms. The van der Waals surface area contributed by atoms with E-state index < -0.39 is 12.3 Å². The molecule has 1 amide bonds. The van der Waals surface area contributed by atoms with Crippen molar-refractivity contribution in [3.63, 3.8) is 0 Å². The number of nitrogens with zero attached hydrogens (tertiary/aromatic N) is 3. The molecule has 1 aromatic heterocycles. The van der Waals surface area contributed by atoms with Gasteiger partial charge in [-0.2, -0.15) is 0 Å². The first-order valence-electron chi connectivity index (χ1n) is 13.5. The number of halogens is 2. The van der Waals surface area contributed by atoms with Gasteiger partial charge in [-0.15, -0.1) is 0 Å². The van der Waals surface area contributed by atoms with Crippen LogP contribution in [0.15, 0.2) is 71.3 Å². The molecule has 0 saturated carbocycles. The second-order valence-electron chi connectivity index (χ2n) is 10.3. The minimum Gasteiger partial charge on any atom is -0.468 e. The Balaban J connectivity index is 1.22. The van der Waals surface area contributed by atoms with Gasteiger partial charge >= 0.3 is 6.16 Å². The van der Waals surface area contributed by atoms with Gasteiger partial charge in [0.1, 0.15) is 18.4 Å². The lowest BCUT2D eigenvalue weighted by atomic mass is 9.94. The molecule has 3 heterocycles. The third kappa shape index (κ3) is 6.81. The largest absolute Gasteiger partial charge is 0.508 e. The number of carbonyl (C=O) groups excluding carboxylic acids is 2. The van der Waals surface area contributed by atoms with Crippen LogP contribution in [0.1, 0.15) is 40.1 Å². The second-order valence-corrected chi connectivity index (χ2v) is 11.1. The summed E-state index contributed by atoms with van der Waals surface area (Å²) in [5.74, 6) is 0.832. The molecule has 2 saturated heterocycles. The maximum absolute atomic E-state index is 13.1. The number of likely N-dealkylation sites (N-methyl/N-ethyl adjacent to an activating group) is 1. The standard InChI is InChI=1S/C30H33Cl2N3O5/c1-33(29(36)21-6-3-2-4-7-21)19-23(22-9-10-24(31)25(32)18-22)11-12-34-13-15-35(16-14-34)28(26-8-5-17-38-26)27-20-39-30(37)40-27/h2-10,17-18,23,27-28H,11-16,19-20H2,1H3. The van der Waals surface area contributed by atoms with Gasteiger partial charge in [-0.3, -0.25) is 9.69 Å². The van der Waals surface area contributed by atoms with E-state index in [4.69, 9.17) is 37.1 Å². The van der Waals surface area contributed by atoms with E-state index in [1.54, 1.807) is 11.2 Å². The van der Waals surface area contributed by atoms with Crippen molar-refractivity contribution in [2.45, 2.75) is 24.5 Å². The fourth-order valence-corrected chi connectivity index (χ4v) is 5.81. The first-order chi connectivity index (χ1) is 19.4. The first kappa shape index (κ1) is 28.5. The third-order valence-electron chi connectivity index (χ3n) is 7.67. The van der Waals surface area contributed by atoms with Crippen LogP contribution >= 0.6 is 23.2 Å². The van der Waals surface area contributed by atoms with Gasteiger partial charge in [0.15, 0.2) is 6.10 Å². The van der Waals surface area contributed by atoms with Crippen LogP contribution in [0.4, 0.5) is 4.79 Å². The minimum absolute atomic E-state index is 0.0140. The molecule has 0 bridgehead atoms. The number of amides is 1. The fraction of sp³-hybridized carbons (Fsp3) is 0.400. The van der Waals surface area contributed by atoms with E-state index in [1.165, 1.54) is 0 Å². The predicted octanol–water partition coefficient (Wildman–Crippen LogP) is 5.73. The molecule has 8 nitrogen and oxygen atoms in total. The van der Waals surface area contributed by atoms with Gasteiger partial charge in [0.2, 0.25) is 0 Å². The van der Waals surface area contributed by atoms with Gasteiger partial charge in [-0.25, -0.2) is 4.79 Å². The van der Waals surface area contributed by atoms with Gasteiger partial charge in [-0.05, 0) is 54.9 Å². The van der Waals surface area contributed by atoms with Crippen LogP contribution in [0.3, 0.4) is 0 Å². The van der Waals surface area contributed by atoms with Crippen molar-refractivity contribution in [2.24, 2.45) is 0 Å². The lowest BCUT2D eigenvalue weighted by Crippen LogP contribution is -2.50. The van der Waals surface area contributed by atoms with Gasteiger partial charge in [0.05, 0.1) is 16.3 Å². The molecule has 2 aromatic carbocycles. The lowest BCUT2D eigenvalue weighted by molar-refractivity contribution is 0.0175. The van der Waals surface area contributed by atoms with Crippen molar-refractivity contribution in [2.75, 3.05) is 52.9 Å². The van der Waals surface area contributed by atoms with E-state index in [-0.39, 0.29) is 24.5 Å². The summed E-state index contributed by atoms with van der Waals surface area (Å²) in [6, 6.07) is 18.6. The predicted molar refractivity (Wildman–Crippen MR) is 153 cm³/mol. The molecule has 2 aliphatic heterocycles. The Kier molecular flexibility index (Phi) is 9.32. The Morgan fingerprint density at radius 2 is 1.80 bits per heavy atom. The van der Waals surface area contributed by atoms with E-state index in [0.717, 1.165) is 50.5 Å². The highest BCUT2D eigenvalue weighted by molar-refractivity contribution is 6.42. The molecular weight excluding hydrogens is 553 g/mol. The summed E-state index contributed by atoms with van der Waals surface area (Å²) in [7, 11) is 1.84. The van der Waals surface area contributed by atoms with Crippen molar-refractivity contribution in [1.29, 1.82) is 0 Å². The van der Waals surface area contributed by atoms with Crippen molar-refractivity contribution < 1.29 is 23.5 Å². The Labute approximate surface area is 244 Å². The molecule has 3 atom stereocenters. The highest BCUT2D eigenvalue weighted by atomic mass is 35.5. The molecular formula is C30H33Cl2N3O5. The quantitative estimate of drug-likeness (QED) is 0.281. The molecule has 0 aliphatic carbocycles. The maximum atomic E-state index is 13.1. The van der Waals surface area contributed by atoms with E-state index in [0.29, 0.717) is 22.2 Å². The molecule has 10 heteroatoms. The highest BCUT2D eigenvalue weighted by Crippen LogP contribution is 2.32. The topological polar surface area (TPSA) is 75.5 Å². The zero-order valence-corrected chi connectivity index (χ0v) is 23.9. The van der Waals surface area contributed by atoms with Crippen LogP contribution in [0.5, 0.6) is 0 Å². The Morgan fingerprint density at radius 3 is 2.45 bits per heavy atom. The van der Waals surface area contributed by atoms with Gasteiger partial charge < -0.3 is 23.7 Å². The number of hydrogen-bond acceptors (Lipinski definition) is 7. The number of cyclic esters (lactones) is 2. The number of furan rings is 1. The average molecular weight is 587 g/mol. The zero-order chi connectivity index (χ0) is 28.1. The molecule has 0 N–H and O–H groups in total. The molecule has 2 aliphatic rings. The van der Waals surface area contributed by atoms with Gasteiger partial charge in [-0.1, -0.05) is 47.5 Å². The van der Waals surface area contributed by atoms with Crippen LogP contribution in [0.2, 0.25) is 10.0 Å². The molecule has 3 unspecified atom stereocenters. The van der Waals surface area contributed by atoms with E-state index in [2.05, 4.69) is 9.80 Å². The van der Waals surface area contributed by atoms with E-state index in [9.17, 15) is 9.59 Å². The van der Waals surface area contributed by atoms with E-state index in [1.807, 2.05) is 67.7 Å². The molecule has 40 heavy (non-hydrogen) atoms. The summed E-state index contributed by atoms with van der Waals surface area (Å²) in [5, 5.41) is 1.02. The average Bonchev–Trinajstić information content (AvgIpc) is 3.66. The molecule has 212 valence electrons. The van der Waals surface area contributed by atoms with Gasteiger partial charge in [0.25, 0.3) is 5.91 Å². The summed E-state index contributed by atoms with van der Waals surface area (Å²) in [4.78, 5) is 31.2.